The first-order valence-electron chi connectivity index (χ1n) is 3.81. The molecular weight excluding hydrogens is 184 g/mol. The van der Waals surface area contributed by atoms with E-state index in [4.69, 9.17) is 12.2 Å². The van der Waals surface area contributed by atoms with Crippen molar-refractivity contribution in [1.29, 1.82) is 0 Å². The quantitative estimate of drug-likeness (QED) is 0.698. The third kappa shape index (κ3) is 1.50. The first-order chi connectivity index (χ1) is 6.27. The summed E-state index contributed by atoms with van der Waals surface area (Å²) in [6.07, 6.45) is 6.85. The van der Waals surface area contributed by atoms with E-state index < -0.39 is 0 Å². The molecule has 0 aliphatic carbocycles. The van der Waals surface area contributed by atoms with Gasteiger partial charge in [0.15, 0.2) is 4.77 Å². The first kappa shape index (κ1) is 8.12. The van der Waals surface area contributed by atoms with Crippen molar-refractivity contribution >= 4 is 12.2 Å². The molecule has 0 radical (unpaired) electrons. The van der Waals surface area contributed by atoms with Crippen LogP contribution in [-0.4, -0.2) is 19.5 Å². The smallest absolute Gasteiger partial charge is 0.182 e. The largest absolute Gasteiger partial charge is 0.335 e. The molecule has 0 amide bonds. The molecule has 0 bridgehead atoms. The van der Waals surface area contributed by atoms with Crippen LogP contribution >= 0.6 is 12.2 Å². The summed E-state index contributed by atoms with van der Waals surface area (Å²) in [7, 11) is 0. The molecule has 1 N–H and O–H groups in total. The lowest BCUT2D eigenvalue weighted by Gasteiger charge is -1.98. The Balaban J connectivity index is 2.59. The first-order valence-corrected chi connectivity index (χ1v) is 4.22. The predicted molar refractivity (Wildman–Crippen MR) is 51.3 cm³/mol. The van der Waals surface area contributed by atoms with Gasteiger partial charge in [-0.05, 0) is 19.1 Å². The van der Waals surface area contributed by atoms with Gasteiger partial charge in [0.1, 0.15) is 6.33 Å². The van der Waals surface area contributed by atoms with Gasteiger partial charge in [0.05, 0.1) is 18.1 Å². The lowest BCUT2D eigenvalue weighted by atomic mass is 10.5. The van der Waals surface area contributed by atoms with Gasteiger partial charge in [0.2, 0.25) is 0 Å². The summed E-state index contributed by atoms with van der Waals surface area (Å²) < 4.78 is 2.50. The molecular formula is C8H8N4S. The van der Waals surface area contributed by atoms with Crippen molar-refractivity contribution in [3.05, 3.63) is 35.4 Å². The fraction of sp³-hybridized carbons (Fsp3) is 0.125. The van der Waals surface area contributed by atoms with E-state index in [9.17, 15) is 0 Å². The number of hydrogen-bond acceptors (Lipinski definition) is 3. The Bertz CT molecular complexity index is 456. The molecule has 2 aromatic rings. The average molecular weight is 192 g/mol. The van der Waals surface area contributed by atoms with E-state index >= 15 is 0 Å². The lowest BCUT2D eigenvalue weighted by Crippen LogP contribution is -1.93. The minimum absolute atomic E-state index is 0.660. The molecule has 0 aliphatic heterocycles. The van der Waals surface area contributed by atoms with Crippen LogP contribution in [0.1, 0.15) is 5.69 Å². The molecule has 0 aromatic carbocycles. The summed E-state index contributed by atoms with van der Waals surface area (Å²) in [5, 5.41) is 0. The van der Waals surface area contributed by atoms with Crippen LogP contribution in [0.3, 0.4) is 0 Å². The SMILES string of the molecule is Cc1cn(-c2cncnc2)c(=S)[nH]1. The summed E-state index contributed by atoms with van der Waals surface area (Å²) >= 11 is 5.11. The molecule has 0 saturated heterocycles. The van der Waals surface area contributed by atoms with Gasteiger partial charge in [-0.2, -0.15) is 0 Å². The topological polar surface area (TPSA) is 46.5 Å². The molecule has 0 fully saturated rings. The fourth-order valence-corrected chi connectivity index (χ4v) is 1.44. The van der Waals surface area contributed by atoms with Crippen LogP contribution in [0, 0.1) is 11.7 Å². The number of rotatable bonds is 1. The zero-order valence-corrected chi connectivity index (χ0v) is 7.88. The van der Waals surface area contributed by atoms with E-state index in [1.54, 1.807) is 12.4 Å². The number of H-pyrrole nitrogens is 1. The lowest BCUT2D eigenvalue weighted by molar-refractivity contribution is 0.990. The Labute approximate surface area is 80.3 Å². The van der Waals surface area contributed by atoms with Crippen LogP contribution < -0.4 is 0 Å². The molecule has 4 nitrogen and oxygen atoms in total. The second-order valence-electron chi connectivity index (χ2n) is 2.71. The van der Waals surface area contributed by atoms with Crippen LogP contribution in [0.15, 0.2) is 24.9 Å². The Hall–Kier alpha value is -1.49. The Kier molecular flexibility index (Phi) is 1.94. The maximum atomic E-state index is 5.11. The predicted octanol–water partition coefficient (Wildman–Crippen LogP) is 1.63. The van der Waals surface area contributed by atoms with Crippen molar-refractivity contribution < 1.29 is 0 Å². The minimum atomic E-state index is 0.660. The third-order valence-electron chi connectivity index (χ3n) is 1.67. The molecule has 5 heteroatoms. The molecule has 0 atom stereocenters. The van der Waals surface area contributed by atoms with Crippen molar-refractivity contribution in [2.24, 2.45) is 0 Å². The summed E-state index contributed by atoms with van der Waals surface area (Å²) in [5.41, 5.74) is 1.89. The van der Waals surface area contributed by atoms with E-state index in [0.29, 0.717) is 4.77 Å². The van der Waals surface area contributed by atoms with Crippen molar-refractivity contribution in [2.75, 3.05) is 0 Å². The molecule has 0 unspecified atom stereocenters. The summed E-state index contributed by atoms with van der Waals surface area (Å²) in [4.78, 5) is 10.9. The van der Waals surface area contributed by atoms with Crippen LogP contribution in [-0.2, 0) is 0 Å². The number of aryl methyl sites for hydroxylation is 1. The maximum absolute atomic E-state index is 5.11. The Morgan fingerprint density at radius 2 is 2.08 bits per heavy atom. The highest BCUT2D eigenvalue weighted by Gasteiger charge is 1.98. The standard InChI is InChI=1S/C8H8N4S/c1-6-4-12(8(13)11-6)7-2-9-5-10-3-7/h2-5H,1H3,(H,11,13). The second-order valence-corrected chi connectivity index (χ2v) is 3.10. The Morgan fingerprint density at radius 3 is 2.62 bits per heavy atom. The highest BCUT2D eigenvalue weighted by atomic mass is 32.1. The summed E-state index contributed by atoms with van der Waals surface area (Å²) in [6, 6.07) is 0. The van der Waals surface area contributed by atoms with Gasteiger partial charge in [0.25, 0.3) is 0 Å². The van der Waals surface area contributed by atoms with Gasteiger partial charge in [0, 0.05) is 11.9 Å². The molecule has 2 heterocycles. The maximum Gasteiger partial charge on any atom is 0.182 e. The third-order valence-corrected chi connectivity index (χ3v) is 1.97. The molecule has 0 aliphatic rings. The normalized spacial score (nSPS) is 10.2. The summed E-state index contributed by atoms with van der Waals surface area (Å²) in [5.74, 6) is 0. The van der Waals surface area contributed by atoms with Crippen molar-refractivity contribution in [1.82, 2.24) is 19.5 Å². The molecule has 13 heavy (non-hydrogen) atoms. The van der Waals surface area contributed by atoms with Gasteiger partial charge in [-0.15, -0.1) is 0 Å². The van der Waals surface area contributed by atoms with E-state index in [1.165, 1.54) is 6.33 Å². The molecule has 0 saturated carbocycles. The monoisotopic (exact) mass is 192 g/mol. The van der Waals surface area contributed by atoms with E-state index in [2.05, 4.69) is 15.0 Å². The van der Waals surface area contributed by atoms with Gasteiger partial charge < -0.3 is 4.98 Å². The zero-order valence-electron chi connectivity index (χ0n) is 7.06. The molecule has 66 valence electrons. The number of nitrogens with zero attached hydrogens (tertiary/aromatic N) is 3. The van der Waals surface area contributed by atoms with Crippen LogP contribution in [0.4, 0.5) is 0 Å². The summed E-state index contributed by atoms with van der Waals surface area (Å²) in [6.45, 7) is 1.95. The number of aromatic amines is 1. The molecule has 2 rings (SSSR count). The van der Waals surface area contributed by atoms with E-state index in [0.717, 1.165) is 11.4 Å². The number of hydrogen-bond donors (Lipinski definition) is 1. The van der Waals surface area contributed by atoms with E-state index in [1.807, 2.05) is 17.7 Å². The second kappa shape index (κ2) is 3.10. The minimum Gasteiger partial charge on any atom is -0.335 e. The van der Waals surface area contributed by atoms with Crippen molar-refractivity contribution in [3.8, 4) is 5.69 Å². The van der Waals surface area contributed by atoms with Gasteiger partial charge in [-0.25, -0.2) is 9.97 Å². The average Bonchev–Trinajstić information content (AvgIpc) is 2.47. The zero-order chi connectivity index (χ0) is 9.26. The van der Waals surface area contributed by atoms with Crippen LogP contribution in [0.25, 0.3) is 5.69 Å². The number of aromatic nitrogens is 4. The highest BCUT2D eigenvalue weighted by molar-refractivity contribution is 7.71. The van der Waals surface area contributed by atoms with Gasteiger partial charge >= 0.3 is 0 Å². The van der Waals surface area contributed by atoms with E-state index in [-0.39, 0.29) is 0 Å². The molecule has 2 aromatic heterocycles. The number of imidazole rings is 1. The van der Waals surface area contributed by atoms with Crippen molar-refractivity contribution in [3.63, 3.8) is 0 Å². The van der Waals surface area contributed by atoms with Crippen LogP contribution in [0.5, 0.6) is 0 Å². The molecule has 0 spiro atoms. The highest BCUT2D eigenvalue weighted by Crippen LogP contribution is 2.06. The fourth-order valence-electron chi connectivity index (χ4n) is 1.12. The van der Waals surface area contributed by atoms with Crippen LogP contribution in [0.2, 0.25) is 0 Å². The van der Waals surface area contributed by atoms with Gasteiger partial charge in [-0.1, -0.05) is 0 Å². The Morgan fingerprint density at radius 1 is 1.38 bits per heavy atom. The van der Waals surface area contributed by atoms with Gasteiger partial charge in [-0.3, -0.25) is 4.57 Å². The van der Waals surface area contributed by atoms with Crippen molar-refractivity contribution in [2.45, 2.75) is 6.92 Å². The number of nitrogens with one attached hydrogen (secondary N) is 1.